The van der Waals surface area contributed by atoms with Crippen molar-refractivity contribution in [2.24, 2.45) is 0 Å². The Morgan fingerprint density at radius 2 is 2.04 bits per heavy atom. The van der Waals surface area contributed by atoms with Gasteiger partial charge in [-0.2, -0.15) is 5.26 Å². The zero-order valence-corrected chi connectivity index (χ0v) is 12.7. The van der Waals surface area contributed by atoms with Crippen LogP contribution in [0, 0.1) is 21.4 Å². The molecule has 1 fully saturated rings. The van der Waals surface area contributed by atoms with E-state index in [1.165, 1.54) is 12.3 Å². The van der Waals surface area contributed by atoms with Crippen LogP contribution in [-0.2, 0) is 11.3 Å². The number of carbonyl (C=O) groups excluding carboxylic acids is 1. The molecular formula is C15H18N4O4. The summed E-state index contributed by atoms with van der Waals surface area (Å²) in [6, 6.07) is 4.63. The van der Waals surface area contributed by atoms with Gasteiger partial charge in [0.2, 0.25) is 5.91 Å². The number of nitriles is 1. The number of hydrogen-bond acceptors (Lipinski definition) is 5. The molecule has 0 saturated heterocycles. The fraction of sp³-hybridized carbons (Fsp3) is 0.533. The Morgan fingerprint density at radius 3 is 2.61 bits per heavy atom. The summed E-state index contributed by atoms with van der Waals surface area (Å²) in [7, 11) is 0. The Bertz CT molecular complexity index is 696. The van der Waals surface area contributed by atoms with Crippen LogP contribution in [0.4, 0.5) is 5.69 Å². The van der Waals surface area contributed by atoms with Crippen LogP contribution in [0.3, 0.4) is 0 Å². The molecule has 0 spiro atoms. The van der Waals surface area contributed by atoms with Crippen molar-refractivity contribution >= 4 is 11.6 Å². The van der Waals surface area contributed by atoms with Gasteiger partial charge in [-0.05, 0) is 18.9 Å². The third kappa shape index (κ3) is 3.94. The molecule has 2 rings (SSSR count). The maximum Gasteiger partial charge on any atom is 0.334 e. The Kier molecular flexibility index (Phi) is 5.11. The number of nitro groups is 1. The van der Waals surface area contributed by atoms with E-state index in [0.717, 1.165) is 36.3 Å². The second kappa shape index (κ2) is 7.05. The van der Waals surface area contributed by atoms with Gasteiger partial charge in [0.05, 0.1) is 11.0 Å². The van der Waals surface area contributed by atoms with E-state index in [2.05, 4.69) is 11.4 Å². The lowest BCUT2D eigenvalue weighted by Crippen LogP contribution is -2.48. The quantitative estimate of drug-likeness (QED) is 0.512. The molecule has 0 bridgehead atoms. The van der Waals surface area contributed by atoms with Crippen molar-refractivity contribution in [1.82, 2.24) is 9.88 Å². The number of nitrogens with zero attached hydrogens (tertiary/aromatic N) is 3. The third-order valence-corrected chi connectivity index (χ3v) is 4.06. The van der Waals surface area contributed by atoms with Crippen molar-refractivity contribution in [3.8, 4) is 6.07 Å². The maximum absolute atomic E-state index is 12.2. The summed E-state index contributed by atoms with van der Waals surface area (Å²) in [5.74, 6) is -0.490. The summed E-state index contributed by atoms with van der Waals surface area (Å²) in [6.07, 6.45) is 6.28. The molecule has 0 aliphatic heterocycles. The van der Waals surface area contributed by atoms with Gasteiger partial charge >= 0.3 is 11.2 Å². The summed E-state index contributed by atoms with van der Waals surface area (Å²) in [6.45, 7) is -0.343. The molecule has 1 aliphatic carbocycles. The normalized spacial score (nSPS) is 16.8. The number of hydrogen-bond donors (Lipinski definition) is 1. The van der Waals surface area contributed by atoms with Crippen LogP contribution >= 0.6 is 0 Å². The minimum absolute atomic E-state index is 0.343. The van der Waals surface area contributed by atoms with Gasteiger partial charge in [-0.1, -0.05) is 25.7 Å². The Balaban J connectivity index is 2.13. The second-order valence-corrected chi connectivity index (χ2v) is 5.74. The van der Waals surface area contributed by atoms with Crippen LogP contribution < -0.4 is 10.9 Å². The summed E-state index contributed by atoms with van der Waals surface area (Å²) in [4.78, 5) is 34.1. The van der Waals surface area contributed by atoms with Crippen LogP contribution in [0.2, 0.25) is 0 Å². The van der Waals surface area contributed by atoms with E-state index < -0.39 is 27.6 Å². The lowest BCUT2D eigenvalue weighted by molar-refractivity contribution is -0.386. The van der Waals surface area contributed by atoms with E-state index in [9.17, 15) is 25.0 Å². The SMILES string of the molecule is N#CC1(NC(=O)Cn2cccc([N+](=O)[O-])c2=O)CCCCCC1. The minimum Gasteiger partial charge on any atom is -0.336 e. The van der Waals surface area contributed by atoms with Crippen LogP contribution in [0.15, 0.2) is 23.1 Å². The number of pyridine rings is 1. The van der Waals surface area contributed by atoms with Crippen molar-refractivity contribution in [2.75, 3.05) is 0 Å². The average molecular weight is 318 g/mol. The predicted octanol–water partition coefficient (Wildman–Crippen LogP) is 1.49. The van der Waals surface area contributed by atoms with Crippen molar-refractivity contribution in [3.05, 3.63) is 38.8 Å². The summed E-state index contributed by atoms with van der Waals surface area (Å²) < 4.78 is 0.981. The van der Waals surface area contributed by atoms with Crippen LogP contribution in [0.25, 0.3) is 0 Å². The summed E-state index contributed by atoms with van der Waals surface area (Å²) in [5.41, 5.74) is -2.32. The van der Waals surface area contributed by atoms with E-state index >= 15 is 0 Å². The molecule has 1 aliphatic rings. The highest BCUT2D eigenvalue weighted by Gasteiger charge is 2.32. The molecule has 0 radical (unpaired) electrons. The van der Waals surface area contributed by atoms with Gasteiger partial charge in [0.15, 0.2) is 0 Å². The Morgan fingerprint density at radius 1 is 1.39 bits per heavy atom. The van der Waals surface area contributed by atoms with Gasteiger partial charge in [0.25, 0.3) is 0 Å². The van der Waals surface area contributed by atoms with Crippen molar-refractivity contribution in [1.29, 1.82) is 5.26 Å². The van der Waals surface area contributed by atoms with Crippen LogP contribution in [0.5, 0.6) is 0 Å². The smallest absolute Gasteiger partial charge is 0.334 e. The largest absolute Gasteiger partial charge is 0.336 e. The Labute approximate surface area is 132 Å². The number of rotatable bonds is 4. The monoisotopic (exact) mass is 318 g/mol. The van der Waals surface area contributed by atoms with E-state index in [1.807, 2.05) is 0 Å². The Hall–Kier alpha value is -2.69. The van der Waals surface area contributed by atoms with Gasteiger partial charge in [-0.3, -0.25) is 19.7 Å². The lowest BCUT2D eigenvalue weighted by atomic mass is 9.92. The topological polar surface area (TPSA) is 118 Å². The van der Waals surface area contributed by atoms with Gasteiger partial charge in [0, 0.05) is 12.3 Å². The first-order valence-corrected chi connectivity index (χ1v) is 7.53. The molecule has 122 valence electrons. The molecule has 1 saturated carbocycles. The minimum atomic E-state index is -0.905. The van der Waals surface area contributed by atoms with E-state index in [1.54, 1.807) is 0 Å². The lowest BCUT2D eigenvalue weighted by Gasteiger charge is -2.26. The summed E-state index contributed by atoms with van der Waals surface area (Å²) >= 11 is 0. The number of nitrogens with one attached hydrogen (secondary N) is 1. The highest BCUT2D eigenvalue weighted by atomic mass is 16.6. The highest BCUT2D eigenvalue weighted by molar-refractivity contribution is 5.77. The highest BCUT2D eigenvalue weighted by Crippen LogP contribution is 2.26. The van der Waals surface area contributed by atoms with E-state index in [4.69, 9.17) is 0 Å². The first-order valence-electron chi connectivity index (χ1n) is 7.53. The molecule has 23 heavy (non-hydrogen) atoms. The molecule has 0 atom stereocenters. The molecule has 1 amide bonds. The molecule has 0 unspecified atom stereocenters. The fourth-order valence-electron chi connectivity index (χ4n) is 2.85. The van der Waals surface area contributed by atoms with Gasteiger partial charge in [-0.25, -0.2) is 0 Å². The van der Waals surface area contributed by atoms with E-state index in [-0.39, 0.29) is 6.54 Å². The number of aromatic nitrogens is 1. The molecule has 8 heteroatoms. The third-order valence-electron chi connectivity index (χ3n) is 4.06. The molecule has 8 nitrogen and oxygen atoms in total. The van der Waals surface area contributed by atoms with Crippen molar-refractivity contribution < 1.29 is 9.72 Å². The van der Waals surface area contributed by atoms with E-state index in [0.29, 0.717) is 12.8 Å². The second-order valence-electron chi connectivity index (χ2n) is 5.74. The zero-order valence-electron chi connectivity index (χ0n) is 12.7. The average Bonchev–Trinajstić information content (AvgIpc) is 2.75. The fourth-order valence-corrected chi connectivity index (χ4v) is 2.85. The molecule has 1 N–H and O–H groups in total. The van der Waals surface area contributed by atoms with Crippen molar-refractivity contribution in [2.45, 2.75) is 50.6 Å². The summed E-state index contributed by atoms with van der Waals surface area (Å²) in [5, 5.41) is 22.9. The molecule has 1 aromatic heterocycles. The predicted molar refractivity (Wildman–Crippen MR) is 81.5 cm³/mol. The molecular weight excluding hydrogens is 300 g/mol. The number of carbonyl (C=O) groups is 1. The van der Waals surface area contributed by atoms with Crippen LogP contribution in [-0.4, -0.2) is 20.9 Å². The first-order chi connectivity index (χ1) is 11.0. The van der Waals surface area contributed by atoms with Crippen molar-refractivity contribution in [3.63, 3.8) is 0 Å². The molecule has 1 heterocycles. The first kappa shape index (κ1) is 16.7. The van der Waals surface area contributed by atoms with Crippen LogP contribution in [0.1, 0.15) is 38.5 Å². The van der Waals surface area contributed by atoms with Gasteiger partial charge < -0.3 is 9.88 Å². The molecule has 0 aromatic carbocycles. The zero-order chi connectivity index (χ0) is 16.9. The van der Waals surface area contributed by atoms with Gasteiger partial charge in [-0.15, -0.1) is 0 Å². The maximum atomic E-state index is 12.2. The number of amides is 1. The standard InChI is InChI=1S/C15H18N4O4/c16-11-15(7-3-1-2-4-8-15)17-13(20)10-18-9-5-6-12(14(18)21)19(22)23/h5-6,9H,1-4,7-8,10H2,(H,17,20). The molecule has 1 aromatic rings. The van der Waals surface area contributed by atoms with Gasteiger partial charge in [0.1, 0.15) is 12.1 Å².